The molecule has 1 amide bonds. The van der Waals surface area contributed by atoms with Crippen LogP contribution < -0.4 is 5.32 Å². The summed E-state index contributed by atoms with van der Waals surface area (Å²) in [4.78, 5) is 14.3. The van der Waals surface area contributed by atoms with E-state index in [0.717, 1.165) is 24.5 Å². The fourth-order valence-electron chi connectivity index (χ4n) is 3.96. The van der Waals surface area contributed by atoms with Crippen LogP contribution in [0.5, 0.6) is 0 Å². The first kappa shape index (κ1) is 18.6. The summed E-state index contributed by atoms with van der Waals surface area (Å²) >= 11 is 0. The molecule has 2 aromatic carbocycles. The zero-order valence-corrected chi connectivity index (χ0v) is 14.9. The van der Waals surface area contributed by atoms with Gasteiger partial charge in [-0.25, -0.2) is 13.2 Å². The highest BCUT2D eigenvalue weighted by molar-refractivity contribution is 5.92. The van der Waals surface area contributed by atoms with Gasteiger partial charge in [0.25, 0.3) is 0 Å². The molecule has 4 rings (SSSR count). The van der Waals surface area contributed by atoms with E-state index in [1.54, 1.807) is 12.1 Å². The van der Waals surface area contributed by atoms with Gasteiger partial charge in [0.1, 0.15) is 24.1 Å². The smallest absolute Gasteiger partial charge is 0.245 e. The number of rotatable bonds is 5. The number of hydrogen-bond donors (Lipinski definition) is 3. The molecule has 4 nitrogen and oxygen atoms in total. The van der Waals surface area contributed by atoms with E-state index in [1.165, 1.54) is 18.2 Å². The number of halogens is 3. The number of carbonyl (C=O) groups is 1. The lowest BCUT2D eigenvalue weighted by Crippen LogP contribution is -2.36. The third-order valence-corrected chi connectivity index (χ3v) is 5.37. The molecule has 3 aromatic rings. The molecule has 146 valence electrons. The van der Waals surface area contributed by atoms with Crippen LogP contribution in [0.15, 0.2) is 36.4 Å². The van der Waals surface area contributed by atoms with Gasteiger partial charge < -0.3 is 15.4 Å². The highest BCUT2D eigenvalue weighted by Gasteiger charge is 2.34. The number of carbonyl (C=O) groups excluding carboxylic acids is 1. The topological polar surface area (TPSA) is 65.1 Å². The maximum Gasteiger partial charge on any atom is 0.245 e. The Labute approximate surface area is 159 Å². The van der Waals surface area contributed by atoms with Crippen LogP contribution in [0.2, 0.25) is 0 Å². The van der Waals surface area contributed by atoms with Crippen molar-refractivity contribution in [1.29, 1.82) is 0 Å². The van der Waals surface area contributed by atoms with E-state index in [9.17, 15) is 18.0 Å². The van der Waals surface area contributed by atoms with E-state index >= 15 is 0 Å². The van der Waals surface area contributed by atoms with Crippen LogP contribution in [0.4, 0.5) is 13.2 Å². The number of aromatic nitrogens is 1. The minimum atomic E-state index is -0.671. The summed E-state index contributed by atoms with van der Waals surface area (Å²) in [5.41, 5.74) is 2.39. The van der Waals surface area contributed by atoms with Crippen LogP contribution in [0.3, 0.4) is 0 Å². The van der Waals surface area contributed by atoms with Crippen molar-refractivity contribution in [3.63, 3.8) is 0 Å². The summed E-state index contributed by atoms with van der Waals surface area (Å²) in [6, 6.07) is 8.03. The summed E-state index contributed by atoms with van der Waals surface area (Å²) in [5.74, 6) is -1.83. The lowest BCUT2D eigenvalue weighted by atomic mass is 9.70. The molecule has 0 saturated heterocycles. The Morgan fingerprint density at radius 1 is 1.11 bits per heavy atom. The van der Waals surface area contributed by atoms with Crippen LogP contribution in [0.1, 0.15) is 24.3 Å². The summed E-state index contributed by atoms with van der Waals surface area (Å²) in [6.07, 6.45) is 1.48. The van der Waals surface area contributed by atoms with Crippen molar-refractivity contribution in [1.82, 2.24) is 10.3 Å². The third-order valence-electron chi connectivity index (χ3n) is 5.37. The van der Waals surface area contributed by atoms with E-state index in [-0.39, 0.29) is 23.2 Å². The fraction of sp³-hybridized carbons (Fsp3) is 0.286. The monoisotopic (exact) mass is 388 g/mol. The zero-order chi connectivity index (χ0) is 19.8. The summed E-state index contributed by atoms with van der Waals surface area (Å²) in [7, 11) is 0. The number of nitrogens with one attached hydrogen (secondary N) is 2. The molecule has 0 atom stereocenters. The number of fused-ring (bicyclic) bond motifs is 1. The molecule has 1 aromatic heterocycles. The van der Waals surface area contributed by atoms with Gasteiger partial charge >= 0.3 is 0 Å². The van der Waals surface area contributed by atoms with Crippen molar-refractivity contribution in [2.24, 2.45) is 5.92 Å². The van der Waals surface area contributed by atoms with Gasteiger partial charge in [-0.05, 0) is 66.1 Å². The second-order valence-electron chi connectivity index (χ2n) is 7.23. The maximum absolute atomic E-state index is 14.3. The van der Waals surface area contributed by atoms with Crippen molar-refractivity contribution in [3.05, 3.63) is 59.4 Å². The van der Waals surface area contributed by atoms with Crippen molar-refractivity contribution in [2.75, 3.05) is 13.2 Å². The molecule has 1 heterocycles. The van der Waals surface area contributed by atoms with E-state index in [4.69, 9.17) is 5.11 Å². The highest BCUT2D eigenvalue weighted by atomic mass is 19.1. The highest BCUT2D eigenvalue weighted by Crippen LogP contribution is 2.48. The van der Waals surface area contributed by atoms with Crippen molar-refractivity contribution >= 4 is 16.8 Å². The Kier molecular flexibility index (Phi) is 4.85. The number of aromatic amines is 1. The average molecular weight is 388 g/mol. The fourth-order valence-corrected chi connectivity index (χ4v) is 3.96. The Balaban J connectivity index is 1.69. The molecule has 1 fully saturated rings. The van der Waals surface area contributed by atoms with Gasteiger partial charge in [0.15, 0.2) is 0 Å². The predicted octanol–water partition coefficient (Wildman–Crippen LogP) is 3.85. The first-order chi connectivity index (χ1) is 13.5. The predicted molar refractivity (Wildman–Crippen MR) is 99.2 cm³/mol. The van der Waals surface area contributed by atoms with Gasteiger partial charge in [-0.2, -0.15) is 0 Å². The second-order valence-corrected chi connectivity index (χ2v) is 7.23. The summed E-state index contributed by atoms with van der Waals surface area (Å²) in [5, 5.41) is 11.9. The van der Waals surface area contributed by atoms with Crippen LogP contribution in [0.25, 0.3) is 22.2 Å². The van der Waals surface area contributed by atoms with E-state index in [1.807, 2.05) is 0 Å². The molecule has 0 unspecified atom stereocenters. The first-order valence-corrected chi connectivity index (χ1v) is 9.10. The van der Waals surface area contributed by atoms with Gasteiger partial charge in [0, 0.05) is 18.0 Å². The largest absolute Gasteiger partial charge is 0.387 e. The molecule has 28 heavy (non-hydrogen) atoms. The van der Waals surface area contributed by atoms with Crippen LogP contribution in [-0.2, 0) is 4.79 Å². The normalized spacial score (nSPS) is 18.9. The van der Waals surface area contributed by atoms with Gasteiger partial charge in [-0.15, -0.1) is 0 Å². The lowest BCUT2D eigenvalue weighted by Gasteiger charge is -2.36. The van der Waals surface area contributed by atoms with Crippen LogP contribution in [-0.4, -0.2) is 29.1 Å². The van der Waals surface area contributed by atoms with Crippen molar-refractivity contribution in [2.45, 2.75) is 18.8 Å². The molecular weight excluding hydrogens is 369 g/mol. The third kappa shape index (κ3) is 3.38. The first-order valence-electron chi connectivity index (χ1n) is 9.10. The molecule has 7 heteroatoms. The molecule has 1 aliphatic carbocycles. The van der Waals surface area contributed by atoms with Gasteiger partial charge in [0.05, 0.1) is 11.2 Å². The van der Waals surface area contributed by atoms with Crippen molar-refractivity contribution in [3.8, 4) is 11.3 Å². The van der Waals surface area contributed by atoms with E-state index < -0.39 is 24.1 Å². The lowest BCUT2D eigenvalue weighted by molar-refractivity contribution is -0.124. The SMILES string of the molecule is O=C(CO)NC[C@H]1C[C@@H](c2c(-c3ccc(F)cc3)[nH]c3c(F)cc(F)cc32)C1. The second kappa shape index (κ2) is 7.31. The summed E-state index contributed by atoms with van der Waals surface area (Å²) in [6.45, 7) is -0.0985. The molecule has 0 radical (unpaired) electrons. The number of amides is 1. The molecule has 1 aliphatic rings. The minimum absolute atomic E-state index is 0.0611. The maximum atomic E-state index is 14.3. The number of hydrogen-bond acceptors (Lipinski definition) is 2. The molecule has 1 saturated carbocycles. The Bertz CT molecular complexity index is 1020. The van der Waals surface area contributed by atoms with Crippen molar-refractivity contribution < 1.29 is 23.1 Å². The Hall–Kier alpha value is -2.80. The number of H-pyrrole nitrogens is 1. The molecular formula is C21H19F3N2O2. The molecule has 0 spiro atoms. The standard InChI is InChI=1S/C21H19F3N2O2/c22-14-3-1-12(2-4-14)20-19(13-5-11(6-13)9-25-18(28)10-27)16-7-15(23)8-17(24)21(16)26-20/h1-4,7-8,11,13,26-27H,5-6,9-10H2,(H,25,28)/t11-,13+. The summed E-state index contributed by atoms with van der Waals surface area (Å²) < 4.78 is 41.5. The van der Waals surface area contributed by atoms with Gasteiger partial charge in [-0.3, -0.25) is 4.79 Å². The van der Waals surface area contributed by atoms with E-state index in [2.05, 4.69) is 10.3 Å². The van der Waals surface area contributed by atoms with Crippen LogP contribution in [0, 0.1) is 23.4 Å². The number of aliphatic hydroxyl groups is 1. The zero-order valence-electron chi connectivity index (χ0n) is 14.9. The minimum Gasteiger partial charge on any atom is -0.387 e. The van der Waals surface area contributed by atoms with E-state index in [0.29, 0.717) is 23.2 Å². The Morgan fingerprint density at radius 2 is 1.82 bits per heavy atom. The Morgan fingerprint density at radius 3 is 2.50 bits per heavy atom. The van der Waals surface area contributed by atoms with Gasteiger partial charge in [0.2, 0.25) is 5.91 Å². The molecule has 3 N–H and O–H groups in total. The van der Waals surface area contributed by atoms with Crippen LogP contribution >= 0.6 is 0 Å². The molecule has 0 aliphatic heterocycles. The average Bonchev–Trinajstić information content (AvgIpc) is 3.00. The number of benzene rings is 2. The van der Waals surface area contributed by atoms with Gasteiger partial charge in [-0.1, -0.05) is 0 Å². The number of aliphatic hydroxyl groups excluding tert-OH is 1. The molecule has 0 bridgehead atoms. The quantitative estimate of drug-likeness (QED) is 0.622.